The summed E-state index contributed by atoms with van der Waals surface area (Å²) in [5.74, 6) is -0.446. The molecule has 1 atom stereocenters. The van der Waals surface area contributed by atoms with Crippen LogP contribution in [0.1, 0.15) is 35.4 Å². The molecule has 1 unspecified atom stereocenters. The number of sulfonamides is 1. The number of nitrogens with one attached hydrogen (secondary N) is 1. The molecule has 0 aliphatic carbocycles. The third-order valence-corrected chi connectivity index (χ3v) is 7.03. The Labute approximate surface area is 163 Å². The first-order valence-corrected chi connectivity index (χ1v) is 10.4. The van der Waals surface area contributed by atoms with Gasteiger partial charge in [0, 0.05) is 25.6 Å². The van der Waals surface area contributed by atoms with Crippen molar-refractivity contribution in [3.05, 3.63) is 59.2 Å². The first-order valence-electron chi connectivity index (χ1n) is 8.98. The summed E-state index contributed by atoms with van der Waals surface area (Å²) in [5, 5.41) is 2.36. The Morgan fingerprint density at radius 2 is 1.86 bits per heavy atom. The summed E-state index contributed by atoms with van der Waals surface area (Å²) in [6.45, 7) is 0.528. The van der Waals surface area contributed by atoms with Crippen LogP contribution in [0.3, 0.4) is 0 Å². The summed E-state index contributed by atoms with van der Waals surface area (Å²) in [6.07, 6.45) is 0.777. The second-order valence-electron chi connectivity index (χ2n) is 6.98. The molecule has 4 rings (SSSR count). The molecule has 146 valence electrons. The molecule has 1 fully saturated rings. The molecule has 2 aromatic rings. The molecule has 0 spiro atoms. The number of piperidine rings is 1. The van der Waals surface area contributed by atoms with E-state index in [9.17, 15) is 18.0 Å². The van der Waals surface area contributed by atoms with E-state index in [4.69, 9.17) is 4.74 Å². The summed E-state index contributed by atoms with van der Waals surface area (Å²) >= 11 is 0. The molecule has 0 bridgehead atoms. The van der Waals surface area contributed by atoms with Crippen LogP contribution in [0.5, 0.6) is 5.75 Å². The number of ether oxygens (including phenoxy) is 1. The number of methoxy groups -OCH3 is 1. The summed E-state index contributed by atoms with van der Waals surface area (Å²) in [5.41, 5.74) is 2.61. The van der Waals surface area contributed by atoms with E-state index in [-0.39, 0.29) is 35.7 Å². The first-order chi connectivity index (χ1) is 13.4. The van der Waals surface area contributed by atoms with Gasteiger partial charge in [0.1, 0.15) is 5.75 Å². The molecule has 7 nitrogen and oxygen atoms in total. The lowest BCUT2D eigenvalue weighted by Gasteiger charge is -2.21. The molecule has 1 N–H and O–H groups in total. The highest BCUT2D eigenvalue weighted by Crippen LogP contribution is 2.33. The van der Waals surface area contributed by atoms with Gasteiger partial charge in [0.25, 0.3) is 0 Å². The zero-order valence-corrected chi connectivity index (χ0v) is 16.2. The van der Waals surface area contributed by atoms with Gasteiger partial charge in [-0.1, -0.05) is 24.3 Å². The van der Waals surface area contributed by atoms with Gasteiger partial charge in [-0.05, 0) is 35.2 Å². The molecular formula is C20H20N2O5S. The molecule has 2 heterocycles. The Morgan fingerprint density at radius 3 is 2.61 bits per heavy atom. The predicted molar refractivity (Wildman–Crippen MR) is 101 cm³/mol. The minimum Gasteiger partial charge on any atom is -0.497 e. The summed E-state index contributed by atoms with van der Waals surface area (Å²) in [6, 6.07) is 12.0. The van der Waals surface area contributed by atoms with Crippen LogP contribution in [0.4, 0.5) is 0 Å². The fourth-order valence-corrected chi connectivity index (χ4v) is 5.12. The van der Waals surface area contributed by atoms with Crippen LogP contribution in [0.15, 0.2) is 47.4 Å². The van der Waals surface area contributed by atoms with Crippen LogP contribution < -0.4 is 10.1 Å². The standard InChI is InChI=1S/C20H20N2O5S/c1-27-16-3-2-4-17(10-16)28(25,26)22-11-14-6-5-13(9-15(14)12-22)18-7-8-19(23)21-20(18)24/h2-6,9-10,18H,7-8,11-12H2,1H3,(H,21,23,24). The van der Waals surface area contributed by atoms with Gasteiger partial charge in [0.15, 0.2) is 0 Å². The van der Waals surface area contributed by atoms with Crippen molar-refractivity contribution in [2.75, 3.05) is 7.11 Å². The van der Waals surface area contributed by atoms with Crippen molar-refractivity contribution in [3.8, 4) is 5.75 Å². The van der Waals surface area contributed by atoms with Crippen LogP contribution in [0.2, 0.25) is 0 Å². The zero-order chi connectivity index (χ0) is 19.9. The van der Waals surface area contributed by atoms with Gasteiger partial charge in [-0.2, -0.15) is 4.31 Å². The number of rotatable bonds is 4. The number of carbonyl (C=O) groups is 2. The Morgan fingerprint density at radius 1 is 1.07 bits per heavy atom. The van der Waals surface area contributed by atoms with Crippen molar-refractivity contribution < 1.29 is 22.7 Å². The molecule has 1 saturated heterocycles. The Bertz CT molecular complexity index is 1060. The summed E-state index contributed by atoms with van der Waals surface area (Å²) < 4.78 is 32.6. The molecule has 0 saturated carbocycles. The van der Waals surface area contributed by atoms with E-state index in [0.29, 0.717) is 18.6 Å². The van der Waals surface area contributed by atoms with Crippen LogP contribution in [0, 0.1) is 0 Å². The summed E-state index contributed by atoms with van der Waals surface area (Å²) in [4.78, 5) is 23.7. The number of imide groups is 1. The van der Waals surface area contributed by atoms with E-state index >= 15 is 0 Å². The average Bonchev–Trinajstić information content (AvgIpc) is 3.12. The third-order valence-electron chi connectivity index (χ3n) is 5.24. The quantitative estimate of drug-likeness (QED) is 0.792. The minimum absolute atomic E-state index is 0.185. The molecular weight excluding hydrogens is 380 g/mol. The molecule has 2 aliphatic heterocycles. The highest BCUT2D eigenvalue weighted by molar-refractivity contribution is 7.89. The van der Waals surface area contributed by atoms with Crippen LogP contribution >= 0.6 is 0 Å². The Balaban J connectivity index is 1.58. The van der Waals surface area contributed by atoms with Gasteiger partial charge in [-0.3, -0.25) is 14.9 Å². The molecule has 2 amide bonds. The summed E-state index contributed by atoms with van der Waals surface area (Å²) in [7, 11) is -2.17. The van der Waals surface area contributed by atoms with Crippen LogP contribution in [-0.4, -0.2) is 31.6 Å². The van der Waals surface area contributed by atoms with Gasteiger partial charge in [-0.15, -0.1) is 0 Å². The van der Waals surface area contributed by atoms with Crippen molar-refractivity contribution in [2.45, 2.75) is 36.7 Å². The highest BCUT2D eigenvalue weighted by Gasteiger charge is 2.33. The van der Waals surface area contributed by atoms with Crippen LogP contribution in [0.25, 0.3) is 0 Å². The van der Waals surface area contributed by atoms with Crippen molar-refractivity contribution in [2.24, 2.45) is 0 Å². The van der Waals surface area contributed by atoms with Gasteiger partial charge < -0.3 is 4.74 Å². The largest absolute Gasteiger partial charge is 0.497 e. The van der Waals surface area contributed by atoms with Crippen molar-refractivity contribution in [3.63, 3.8) is 0 Å². The molecule has 2 aliphatic rings. The number of fused-ring (bicyclic) bond motifs is 1. The number of hydrogen-bond acceptors (Lipinski definition) is 5. The minimum atomic E-state index is -3.67. The normalized spacial score (nSPS) is 20.0. The topological polar surface area (TPSA) is 92.8 Å². The third kappa shape index (κ3) is 3.29. The number of benzene rings is 2. The van der Waals surface area contributed by atoms with Crippen molar-refractivity contribution in [1.29, 1.82) is 0 Å². The fourth-order valence-electron chi connectivity index (χ4n) is 3.69. The van der Waals surface area contributed by atoms with Crippen molar-refractivity contribution >= 4 is 21.8 Å². The van der Waals surface area contributed by atoms with E-state index < -0.39 is 10.0 Å². The highest BCUT2D eigenvalue weighted by atomic mass is 32.2. The zero-order valence-electron chi connectivity index (χ0n) is 15.3. The van der Waals surface area contributed by atoms with E-state index in [1.54, 1.807) is 18.2 Å². The van der Waals surface area contributed by atoms with Crippen LogP contribution in [-0.2, 0) is 32.7 Å². The van der Waals surface area contributed by atoms with E-state index in [1.165, 1.54) is 17.5 Å². The lowest BCUT2D eigenvalue weighted by molar-refractivity contribution is -0.134. The number of carbonyl (C=O) groups excluding carboxylic acids is 2. The van der Waals surface area contributed by atoms with Gasteiger partial charge >= 0.3 is 0 Å². The van der Waals surface area contributed by atoms with Gasteiger partial charge in [0.05, 0.1) is 17.9 Å². The second kappa shape index (κ2) is 7.03. The number of hydrogen-bond donors (Lipinski definition) is 1. The van der Waals surface area contributed by atoms with Gasteiger partial charge in [0.2, 0.25) is 21.8 Å². The molecule has 0 radical (unpaired) electrons. The fraction of sp³-hybridized carbons (Fsp3) is 0.300. The molecule has 2 aromatic carbocycles. The maximum absolute atomic E-state index is 13.0. The molecule has 8 heteroatoms. The number of nitrogens with zero attached hydrogens (tertiary/aromatic N) is 1. The van der Waals surface area contributed by atoms with E-state index in [2.05, 4.69) is 5.32 Å². The lowest BCUT2D eigenvalue weighted by Crippen LogP contribution is -2.39. The van der Waals surface area contributed by atoms with Gasteiger partial charge in [-0.25, -0.2) is 8.42 Å². The van der Waals surface area contributed by atoms with E-state index in [0.717, 1.165) is 16.7 Å². The molecule has 28 heavy (non-hydrogen) atoms. The predicted octanol–water partition coefficient (Wildman–Crippen LogP) is 1.92. The maximum atomic E-state index is 13.0. The second-order valence-corrected chi connectivity index (χ2v) is 8.92. The smallest absolute Gasteiger partial charge is 0.243 e. The number of amides is 2. The van der Waals surface area contributed by atoms with Crippen molar-refractivity contribution in [1.82, 2.24) is 9.62 Å². The Kier molecular flexibility index (Phi) is 4.68. The Hall–Kier alpha value is -2.71. The first kappa shape index (κ1) is 18.6. The monoisotopic (exact) mass is 400 g/mol. The molecule has 0 aromatic heterocycles. The van der Waals surface area contributed by atoms with E-state index in [1.807, 2.05) is 18.2 Å². The maximum Gasteiger partial charge on any atom is 0.243 e. The SMILES string of the molecule is COc1cccc(S(=O)(=O)N2Cc3ccc(C4CCC(=O)NC4=O)cc3C2)c1. The lowest BCUT2D eigenvalue weighted by atomic mass is 9.89. The average molecular weight is 400 g/mol.